The van der Waals surface area contributed by atoms with E-state index < -0.39 is 5.97 Å². The number of hydrogen-bond acceptors (Lipinski definition) is 5. The van der Waals surface area contributed by atoms with E-state index in [1.165, 1.54) is 11.3 Å². The molecular formula is C27H22Cl2N4O3S. The number of nitrogens with one attached hydrogen (secondary N) is 2. The summed E-state index contributed by atoms with van der Waals surface area (Å²) in [4.78, 5) is 34.7. The maximum absolute atomic E-state index is 12.7. The minimum Gasteiger partial charge on any atom is -0.477 e. The first-order valence-corrected chi connectivity index (χ1v) is 13.4. The molecule has 4 aromatic rings. The van der Waals surface area contributed by atoms with E-state index in [9.17, 15) is 14.7 Å². The van der Waals surface area contributed by atoms with E-state index in [1.54, 1.807) is 6.92 Å². The maximum atomic E-state index is 12.7. The zero-order valence-corrected chi connectivity index (χ0v) is 22.0. The molecule has 10 heteroatoms. The van der Waals surface area contributed by atoms with Crippen molar-refractivity contribution in [2.24, 2.45) is 11.8 Å². The van der Waals surface area contributed by atoms with Gasteiger partial charge in [-0.2, -0.15) is 0 Å². The van der Waals surface area contributed by atoms with Crippen LogP contribution in [-0.4, -0.2) is 46.1 Å². The summed E-state index contributed by atoms with van der Waals surface area (Å²) < 4.78 is 0. The van der Waals surface area contributed by atoms with Crippen LogP contribution in [0.3, 0.4) is 0 Å². The summed E-state index contributed by atoms with van der Waals surface area (Å²) in [6.07, 6.45) is 0. The average Bonchev–Trinajstić information content (AvgIpc) is 3.28. The maximum Gasteiger partial charge on any atom is 0.348 e. The Balaban J connectivity index is 1.16. The summed E-state index contributed by atoms with van der Waals surface area (Å²) in [6, 6.07) is 17.9. The third kappa shape index (κ3) is 4.29. The highest BCUT2D eigenvalue weighted by molar-refractivity contribution is 7.17. The number of benzene rings is 2. The van der Waals surface area contributed by atoms with Crippen LogP contribution in [0.15, 0.2) is 54.6 Å². The van der Waals surface area contributed by atoms with Gasteiger partial charge in [0.15, 0.2) is 5.13 Å². The number of anilines is 1. The molecule has 3 atom stereocenters. The van der Waals surface area contributed by atoms with Crippen LogP contribution in [-0.2, 0) is 0 Å². The van der Waals surface area contributed by atoms with Gasteiger partial charge >= 0.3 is 5.97 Å². The molecule has 2 aliphatic rings. The first-order chi connectivity index (χ1) is 17.8. The Morgan fingerprint density at radius 3 is 2.22 bits per heavy atom. The summed E-state index contributed by atoms with van der Waals surface area (Å²) >= 11 is 13.5. The third-order valence-corrected chi connectivity index (χ3v) is 9.17. The van der Waals surface area contributed by atoms with E-state index in [-0.39, 0.29) is 39.4 Å². The van der Waals surface area contributed by atoms with Gasteiger partial charge in [0, 0.05) is 42.2 Å². The molecule has 1 aliphatic carbocycles. The van der Waals surface area contributed by atoms with Gasteiger partial charge in [0.05, 0.1) is 15.7 Å². The van der Waals surface area contributed by atoms with Gasteiger partial charge in [-0.1, -0.05) is 89.1 Å². The zero-order chi connectivity index (χ0) is 25.8. The lowest BCUT2D eigenvalue weighted by Crippen LogP contribution is -2.34. The average molecular weight is 553 g/mol. The molecule has 188 valence electrons. The second-order valence-electron chi connectivity index (χ2n) is 9.41. The molecule has 3 N–H and O–H groups in total. The quantitative estimate of drug-likeness (QED) is 0.273. The largest absolute Gasteiger partial charge is 0.477 e. The number of aromatic carboxylic acids is 1. The molecule has 37 heavy (non-hydrogen) atoms. The molecule has 2 aromatic heterocycles. The summed E-state index contributed by atoms with van der Waals surface area (Å²) in [5.74, 6) is -0.702. The van der Waals surface area contributed by atoms with Crippen LogP contribution in [0.1, 0.15) is 25.9 Å². The van der Waals surface area contributed by atoms with E-state index in [4.69, 9.17) is 28.2 Å². The number of aryl methyl sites for hydroxylation is 1. The number of piperidine rings is 1. The Hall–Kier alpha value is -3.33. The van der Waals surface area contributed by atoms with Gasteiger partial charge in [-0.05, 0) is 18.1 Å². The Labute approximate surface area is 227 Å². The van der Waals surface area contributed by atoms with Gasteiger partial charge in [0.25, 0.3) is 5.91 Å². The molecular weight excluding hydrogens is 531 g/mol. The molecule has 1 aliphatic heterocycles. The van der Waals surface area contributed by atoms with E-state index in [0.717, 1.165) is 16.7 Å². The van der Waals surface area contributed by atoms with Crippen LogP contribution in [0.4, 0.5) is 5.13 Å². The number of fused-ring (bicyclic) bond motifs is 1. The lowest BCUT2D eigenvalue weighted by Gasteiger charge is -2.19. The number of nitrogens with zero attached hydrogens (tertiary/aromatic N) is 2. The van der Waals surface area contributed by atoms with Crippen LogP contribution in [0.25, 0.3) is 22.4 Å². The van der Waals surface area contributed by atoms with Crippen LogP contribution in [0.5, 0.6) is 0 Å². The number of carbonyl (C=O) groups excluding carboxylic acids is 1. The van der Waals surface area contributed by atoms with E-state index >= 15 is 0 Å². The number of rotatable bonds is 6. The molecule has 0 radical (unpaired) electrons. The number of carboxylic acids is 1. The second-order valence-corrected chi connectivity index (χ2v) is 11.1. The number of hydrogen-bond donors (Lipinski definition) is 3. The van der Waals surface area contributed by atoms with Gasteiger partial charge in [-0.25, -0.2) is 9.78 Å². The topological polar surface area (TPSA) is 98.3 Å². The Morgan fingerprint density at radius 1 is 1.00 bits per heavy atom. The van der Waals surface area contributed by atoms with Crippen molar-refractivity contribution in [1.82, 2.24) is 15.3 Å². The number of carbonyl (C=O) groups is 2. The van der Waals surface area contributed by atoms with Gasteiger partial charge in [0.2, 0.25) is 0 Å². The van der Waals surface area contributed by atoms with Crippen molar-refractivity contribution in [2.45, 2.75) is 13.0 Å². The lowest BCUT2D eigenvalue weighted by atomic mass is 10.0. The van der Waals surface area contributed by atoms with Crippen molar-refractivity contribution in [1.29, 1.82) is 0 Å². The highest BCUT2D eigenvalue weighted by Crippen LogP contribution is 2.48. The van der Waals surface area contributed by atoms with Gasteiger partial charge in [-0.3, -0.25) is 4.79 Å². The third-order valence-electron chi connectivity index (χ3n) is 7.12. The van der Waals surface area contributed by atoms with Crippen LogP contribution in [0, 0.1) is 18.8 Å². The normalized spacial score (nSPS) is 20.1. The van der Waals surface area contributed by atoms with Crippen LogP contribution >= 0.6 is 34.5 Å². The lowest BCUT2D eigenvalue weighted by molar-refractivity contribution is 0.0702. The minimum atomic E-state index is -0.989. The molecule has 0 bridgehead atoms. The summed E-state index contributed by atoms with van der Waals surface area (Å²) in [6.45, 7) is 3.17. The number of aromatic nitrogens is 2. The predicted octanol–water partition coefficient (Wildman–Crippen LogP) is 5.98. The molecule has 1 saturated carbocycles. The minimum absolute atomic E-state index is 0.0473. The fourth-order valence-corrected chi connectivity index (χ4v) is 6.45. The first-order valence-electron chi connectivity index (χ1n) is 11.8. The molecule has 0 spiro atoms. The Kier molecular flexibility index (Phi) is 5.98. The monoisotopic (exact) mass is 552 g/mol. The molecule has 1 amide bonds. The van der Waals surface area contributed by atoms with Crippen molar-refractivity contribution in [3.63, 3.8) is 0 Å². The van der Waals surface area contributed by atoms with E-state index in [1.807, 2.05) is 54.6 Å². The van der Waals surface area contributed by atoms with Crippen molar-refractivity contribution < 1.29 is 14.7 Å². The summed E-state index contributed by atoms with van der Waals surface area (Å²) in [5.41, 5.74) is 4.34. The highest BCUT2D eigenvalue weighted by atomic mass is 35.5. The summed E-state index contributed by atoms with van der Waals surface area (Å²) in [5, 5.41) is 14.2. The number of amides is 1. The van der Waals surface area contributed by atoms with Crippen molar-refractivity contribution in [3.8, 4) is 22.4 Å². The SMILES string of the molecule is Cc1[nH]c(C(=O)NC2[C@H]3CN(c4nc(-c5ccc(-c6ccccc6)cc5)c(C(=O)O)s4)C[C@@H]23)c(Cl)c1Cl. The smallest absolute Gasteiger partial charge is 0.348 e. The highest BCUT2D eigenvalue weighted by Gasteiger charge is 2.57. The number of aromatic amines is 1. The zero-order valence-electron chi connectivity index (χ0n) is 19.7. The Morgan fingerprint density at radius 2 is 1.62 bits per heavy atom. The fraction of sp³-hybridized carbons (Fsp3) is 0.222. The van der Waals surface area contributed by atoms with Crippen LogP contribution < -0.4 is 10.2 Å². The van der Waals surface area contributed by atoms with Crippen molar-refractivity contribution in [2.75, 3.05) is 18.0 Å². The van der Waals surface area contributed by atoms with Gasteiger partial charge < -0.3 is 20.3 Å². The molecule has 1 saturated heterocycles. The number of carboxylic acid groups (broad SMARTS) is 1. The molecule has 2 aromatic carbocycles. The predicted molar refractivity (Wildman–Crippen MR) is 146 cm³/mol. The Bertz CT molecular complexity index is 1500. The van der Waals surface area contributed by atoms with Gasteiger partial charge in [-0.15, -0.1) is 0 Å². The van der Waals surface area contributed by atoms with Crippen molar-refractivity contribution >= 4 is 51.5 Å². The molecule has 2 fully saturated rings. The standard InChI is InChI=1S/C27H22Cl2N4O3S/c1-13-19(28)20(29)23(30-13)25(34)31-22-17-11-33(12-18(17)22)27-32-21(24(37-27)26(35)36)16-9-7-15(8-10-16)14-5-3-2-4-6-14/h2-10,17-18,22,30H,11-12H2,1H3,(H,31,34)(H,35,36)/t17-,18+,22?. The second kappa shape index (κ2) is 9.20. The molecule has 1 unspecified atom stereocenters. The number of H-pyrrole nitrogens is 1. The molecule has 3 heterocycles. The van der Waals surface area contributed by atoms with E-state index in [2.05, 4.69) is 15.2 Å². The fourth-order valence-electron chi connectivity index (χ4n) is 5.08. The number of thiazole rings is 1. The molecule has 7 nitrogen and oxygen atoms in total. The summed E-state index contributed by atoms with van der Waals surface area (Å²) in [7, 11) is 0. The van der Waals surface area contributed by atoms with Crippen LogP contribution in [0.2, 0.25) is 10.0 Å². The molecule has 6 rings (SSSR count). The first kappa shape index (κ1) is 24.0. The van der Waals surface area contributed by atoms with Gasteiger partial charge in [0.1, 0.15) is 10.6 Å². The number of halogens is 2. The van der Waals surface area contributed by atoms with E-state index in [0.29, 0.717) is 34.6 Å². The van der Waals surface area contributed by atoms with Crippen molar-refractivity contribution in [3.05, 3.63) is 80.9 Å².